The summed E-state index contributed by atoms with van der Waals surface area (Å²) in [5.41, 5.74) is 2.35. The normalized spacial score (nSPS) is 30.1. The Morgan fingerprint density at radius 3 is 2.31 bits per heavy atom. The van der Waals surface area contributed by atoms with Gasteiger partial charge in [-0.2, -0.15) is 0 Å². The highest BCUT2D eigenvalue weighted by Crippen LogP contribution is 2.62. The van der Waals surface area contributed by atoms with Crippen molar-refractivity contribution < 1.29 is 28.6 Å². The molecule has 0 unspecified atom stereocenters. The molecule has 1 saturated carbocycles. The van der Waals surface area contributed by atoms with E-state index in [2.05, 4.69) is 26.8 Å². The molecule has 0 aliphatic heterocycles. The van der Waals surface area contributed by atoms with E-state index in [1.807, 2.05) is 6.08 Å². The molecule has 6 heteroatoms. The first-order valence-electron chi connectivity index (χ1n) is 11.8. The first kappa shape index (κ1) is 26.1. The lowest BCUT2D eigenvalue weighted by molar-refractivity contribution is -0.141. The van der Waals surface area contributed by atoms with E-state index in [1.165, 1.54) is 26.3 Å². The summed E-state index contributed by atoms with van der Waals surface area (Å²) in [5.74, 6) is 0.151. The molecule has 0 saturated heterocycles. The highest BCUT2D eigenvalue weighted by atomic mass is 16.5. The van der Waals surface area contributed by atoms with Gasteiger partial charge in [0.1, 0.15) is 19.8 Å². The number of hydrogen-bond donors (Lipinski definition) is 0. The Labute approximate surface area is 192 Å². The third kappa shape index (κ3) is 6.46. The van der Waals surface area contributed by atoms with Crippen molar-refractivity contribution >= 4 is 17.9 Å². The Hall–Kier alpha value is -2.11. The fourth-order valence-corrected chi connectivity index (χ4v) is 5.74. The van der Waals surface area contributed by atoms with E-state index in [0.29, 0.717) is 18.4 Å². The van der Waals surface area contributed by atoms with Crippen molar-refractivity contribution in [2.24, 2.45) is 22.7 Å². The van der Waals surface area contributed by atoms with Gasteiger partial charge in [0, 0.05) is 20.8 Å². The molecule has 2 rings (SSSR count). The molecule has 0 aromatic carbocycles. The summed E-state index contributed by atoms with van der Waals surface area (Å²) in [4.78, 5) is 33.9. The summed E-state index contributed by atoms with van der Waals surface area (Å²) in [6, 6.07) is 0. The van der Waals surface area contributed by atoms with Crippen molar-refractivity contribution in [2.45, 2.75) is 80.1 Å². The van der Waals surface area contributed by atoms with Crippen LogP contribution < -0.4 is 0 Å². The monoisotopic (exact) mass is 448 g/mol. The van der Waals surface area contributed by atoms with Crippen LogP contribution in [0.25, 0.3) is 0 Å². The number of allylic oxidation sites excluding steroid dienone is 1. The van der Waals surface area contributed by atoms with Crippen LogP contribution in [-0.2, 0) is 28.6 Å². The molecule has 180 valence electrons. The third-order valence-electron chi connectivity index (χ3n) is 7.90. The van der Waals surface area contributed by atoms with Crippen LogP contribution in [-0.4, -0.2) is 37.7 Å². The van der Waals surface area contributed by atoms with Crippen molar-refractivity contribution in [1.82, 2.24) is 0 Å². The fourth-order valence-electron chi connectivity index (χ4n) is 5.74. The molecule has 4 atom stereocenters. The van der Waals surface area contributed by atoms with Gasteiger partial charge in [-0.15, -0.1) is 0 Å². The first-order chi connectivity index (χ1) is 15.0. The Morgan fingerprint density at radius 1 is 1.03 bits per heavy atom. The van der Waals surface area contributed by atoms with Crippen molar-refractivity contribution in [3.05, 3.63) is 23.3 Å². The van der Waals surface area contributed by atoms with Crippen molar-refractivity contribution in [3.63, 3.8) is 0 Å². The summed E-state index contributed by atoms with van der Waals surface area (Å²) in [6.45, 7) is 12.1. The number of esters is 3. The predicted octanol–water partition coefficient (Wildman–Crippen LogP) is 5.16. The smallest absolute Gasteiger partial charge is 0.302 e. The van der Waals surface area contributed by atoms with E-state index in [0.717, 1.165) is 44.1 Å². The average Bonchev–Trinajstić information content (AvgIpc) is 2.71. The fraction of sp³-hybridized carbons (Fsp3) is 0.731. The Kier molecular flexibility index (Phi) is 9.11. The molecule has 0 N–H and O–H groups in total. The molecule has 0 amide bonds. The lowest BCUT2D eigenvalue weighted by Gasteiger charge is -2.58. The van der Waals surface area contributed by atoms with Gasteiger partial charge in [0.15, 0.2) is 0 Å². The van der Waals surface area contributed by atoms with Gasteiger partial charge in [0.25, 0.3) is 0 Å². The molecular formula is C26H40O6. The van der Waals surface area contributed by atoms with Gasteiger partial charge in [0.2, 0.25) is 0 Å². The maximum absolute atomic E-state index is 11.4. The second-order valence-electron chi connectivity index (χ2n) is 9.95. The van der Waals surface area contributed by atoms with E-state index in [1.54, 1.807) is 0 Å². The lowest BCUT2D eigenvalue weighted by Crippen LogP contribution is -2.50. The van der Waals surface area contributed by atoms with E-state index < -0.39 is 0 Å². The molecule has 0 radical (unpaired) electrons. The van der Waals surface area contributed by atoms with Crippen molar-refractivity contribution in [3.8, 4) is 0 Å². The van der Waals surface area contributed by atoms with Crippen LogP contribution in [0.2, 0.25) is 0 Å². The number of carbonyl (C=O) groups excluding carboxylic acids is 3. The topological polar surface area (TPSA) is 78.9 Å². The molecule has 1 fully saturated rings. The van der Waals surface area contributed by atoms with Crippen molar-refractivity contribution in [1.29, 1.82) is 0 Å². The van der Waals surface area contributed by atoms with Gasteiger partial charge in [0.05, 0.1) is 0 Å². The van der Waals surface area contributed by atoms with E-state index in [-0.39, 0.29) is 42.0 Å². The van der Waals surface area contributed by atoms with Crippen LogP contribution in [0, 0.1) is 22.7 Å². The first-order valence-corrected chi connectivity index (χ1v) is 11.8. The minimum Gasteiger partial charge on any atom is -0.462 e. The molecule has 0 spiro atoms. The van der Waals surface area contributed by atoms with E-state index in [9.17, 15) is 14.4 Å². The number of ether oxygens (including phenoxy) is 3. The molecule has 2 aliphatic carbocycles. The lowest BCUT2D eigenvalue weighted by atomic mass is 9.47. The van der Waals surface area contributed by atoms with Gasteiger partial charge < -0.3 is 14.2 Å². The number of fused-ring (bicyclic) bond motifs is 1. The maximum atomic E-state index is 11.4. The standard InChI is InChI=1S/C26H40O6/c1-18-10-13-26(6)23(17-32-21(4)29)8-7-9-24(26)25(18,5)14-11-22(16-31-20(3)28)12-15-30-19(2)27/h8,12,18,24H,7,9-11,13-17H2,1-6H3/b22-12-/t18-,24-,25+,26+/m1/s1. The van der Waals surface area contributed by atoms with Crippen LogP contribution in [0.3, 0.4) is 0 Å². The zero-order valence-corrected chi connectivity index (χ0v) is 20.6. The Balaban J connectivity index is 2.19. The van der Waals surface area contributed by atoms with Crippen molar-refractivity contribution in [2.75, 3.05) is 19.8 Å². The van der Waals surface area contributed by atoms with Gasteiger partial charge in [-0.3, -0.25) is 14.4 Å². The second kappa shape index (κ2) is 11.2. The molecule has 2 aliphatic rings. The minimum absolute atomic E-state index is 0.0203. The number of carbonyl (C=O) groups is 3. The third-order valence-corrected chi connectivity index (χ3v) is 7.90. The van der Waals surface area contributed by atoms with Crippen LogP contribution in [0.4, 0.5) is 0 Å². The molecule has 0 aromatic rings. The largest absolute Gasteiger partial charge is 0.462 e. The average molecular weight is 449 g/mol. The van der Waals surface area contributed by atoms with Gasteiger partial charge in [-0.25, -0.2) is 0 Å². The van der Waals surface area contributed by atoms with E-state index >= 15 is 0 Å². The van der Waals surface area contributed by atoms with Crippen LogP contribution in [0.15, 0.2) is 23.3 Å². The predicted molar refractivity (Wildman–Crippen MR) is 123 cm³/mol. The Morgan fingerprint density at radius 2 is 1.69 bits per heavy atom. The summed E-state index contributed by atoms with van der Waals surface area (Å²) in [7, 11) is 0. The molecule has 0 aromatic heterocycles. The SMILES string of the molecule is CC(=O)OC/C=C(/CC[C@@]1(C)[C@H](C)CC[C@@]2(C)C(COC(C)=O)=CCC[C@H]12)COC(C)=O. The molecule has 6 nitrogen and oxygen atoms in total. The zero-order chi connectivity index (χ0) is 23.9. The maximum Gasteiger partial charge on any atom is 0.302 e. The summed E-state index contributed by atoms with van der Waals surface area (Å²) in [6.07, 6.45) is 10.2. The number of rotatable bonds is 9. The van der Waals surface area contributed by atoms with Gasteiger partial charge >= 0.3 is 17.9 Å². The van der Waals surface area contributed by atoms with E-state index in [4.69, 9.17) is 14.2 Å². The minimum atomic E-state index is -0.328. The summed E-state index contributed by atoms with van der Waals surface area (Å²) >= 11 is 0. The van der Waals surface area contributed by atoms with Crippen LogP contribution in [0.1, 0.15) is 80.1 Å². The molecule has 0 heterocycles. The zero-order valence-electron chi connectivity index (χ0n) is 20.6. The van der Waals surface area contributed by atoms with Gasteiger partial charge in [-0.05, 0) is 78.4 Å². The highest BCUT2D eigenvalue weighted by Gasteiger charge is 2.53. The molecule has 32 heavy (non-hydrogen) atoms. The molecular weight excluding hydrogens is 408 g/mol. The Bertz CT molecular complexity index is 766. The summed E-state index contributed by atoms with van der Waals surface area (Å²) < 4.78 is 15.7. The second-order valence-corrected chi connectivity index (χ2v) is 9.95. The quantitative estimate of drug-likeness (QED) is 0.275. The molecule has 0 bridgehead atoms. The number of hydrogen-bond acceptors (Lipinski definition) is 6. The summed E-state index contributed by atoms with van der Waals surface area (Å²) in [5, 5.41) is 0. The van der Waals surface area contributed by atoms with Crippen LogP contribution in [0.5, 0.6) is 0 Å². The van der Waals surface area contributed by atoms with Crippen LogP contribution >= 0.6 is 0 Å². The highest BCUT2D eigenvalue weighted by molar-refractivity contribution is 5.66. The van der Waals surface area contributed by atoms with Gasteiger partial charge in [-0.1, -0.05) is 26.8 Å².